The lowest BCUT2D eigenvalue weighted by Gasteiger charge is -2.14. The molecular weight excluding hydrogens is 480 g/mol. The van der Waals surface area contributed by atoms with Crippen LogP contribution in [0, 0.1) is 10.1 Å². The highest BCUT2D eigenvalue weighted by molar-refractivity contribution is 7.92. The monoisotopic (exact) mass is 494 g/mol. The van der Waals surface area contributed by atoms with Crippen molar-refractivity contribution in [2.24, 2.45) is 0 Å². The van der Waals surface area contributed by atoms with Crippen LogP contribution in [0.3, 0.4) is 0 Å². The molecule has 2 aromatic carbocycles. The SMILES string of the molecule is COc1cc([N+](=O)[O-])ccc1NC(=S)Nc1ccc(S(=O)(=O)Nc2ccc(Cl)nn2)cc1. The number of hydrogen-bond donors (Lipinski definition) is 3. The molecule has 166 valence electrons. The number of nitrogens with zero attached hydrogens (tertiary/aromatic N) is 3. The zero-order valence-corrected chi connectivity index (χ0v) is 18.7. The predicted octanol–water partition coefficient (Wildman–Crippen LogP) is 3.66. The maximum atomic E-state index is 12.5. The van der Waals surface area contributed by atoms with Gasteiger partial charge in [-0.1, -0.05) is 11.6 Å². The molecule has 0 unspecified atom stereocenters. The summed E-state index contributed by atoms with van der Waals surface area (Å²) >= 11 is 10.9. The number of non-ortho nitro benzene ring substituents is 1. The molecule has 14 heteroatoms. The van der Waals surface area contributed by atoms with Crippen LogP contribution >= 0.6 is 23.8 Å². The van der Waals surface area contributed by atoms with Gasteiger partial charge in [0.15, 0.2) is 16.1 Å². The number of nitro benzene ring substituents is 1. The van der Waals surface area contributed by atoms with Gasteiger partial charge in [0.25, 0.3) is 15.7 Å². The molecule has 0 bridgehead atoms. The van der Waals surface area contributed by atoms with Gasteiger partial charge in [0.05, 0.1) is 28.7 Å². The van der Waals surface area contributed by atoms with Crippen LogP contribution in [0.5, 0.6) is 5.75 Å². The first kappa shape index (κ1) is 23.1. The molecule has 3 N–H and O–H groups in total. The molecule has 0 aliphatic rings. The summed E-state index contributed by atoms with van der Waals surface area (Å²) in [4.78, 5) is 10.4. The smallest absolute Gasteiger partial charge is 0.273 e. The van der Waals surface area contributed by atoms with Crippen molar-refractivity contribution >= 4 is 61.8 Å². The van der Waals surface area contributed by atoms with Gasteiger partial charge >= 0.3 is 0 Å². The van der Waals surface area contributed by atoms with E-state index in [0.717, 1.165) is 0 Å². The summed E-state index contributed by atoms with van der Waals surface area (Å²) in [5.41, 5.74) is 0.804. The van der Waals surface area contributed by atoms with Crippen molar-refractivity contribution in [2.75, 3.05) is 22.5 Å². The van der Waals surface area contributed by atoms with Crippen molar-refractivity contribution in [2.45, 2.75) is 4.90 Å². The fraction of sp³-hybridized carbons (Fsp3) is 0.0556. The van der Waals surface area contributed by atoms with E-state index in [1.807, 2.05) is 0 Å². The minimum atomic E-state index is -3.88. The fourth-order valence-corrected chi connectivity index (χ4v) is 3.79. The van der Waals surface area contributed by atoms with Crippen molar-refractivity contribution in [1.29, 1.82) is 0 Å². The second-order valence-electron chi connectivity index (χ2n) is 6.09. The van der Waals surface area contributed by atoms with Gasteiger partial charge in [-0.05, 0) is 54.7 Å². The third-order valence-corrected chi connectivity index (χ3v) is 5.71. The predicted molar refractivity (Wildman–Crippen MR) is 124 cm³/mol. The summed E-state index contributed by atoms with van der Waals surface area (Å²) in [6.07, 6.45) is 0. The number of anilines is 3. The number of methoxy groups -OCH3 is 1. The summed E-state index contributed by atoms with van der Waals surface area (Å²) < 4.78 is 32.4. The summed E-state index contributed by atoms with van der Waals surface area (Å²) in [5, 5.41) is 24.2. The average Bonchev–Trinajstić information content (AvgIpc) is 2.75. The Balaban J connectivity index is 1.67. The van der Waals surface area contributed by atoms with Crippen LogP contribution in [-0.2, 0) is 10.0 Å². The van der Waals surface area contributed by atoms with Crippen LogP contribution in [0.4, 0.5) is 22.9 Å². The van der Waals surface area contributed by atoms with Crippen LogP contribution in [0.15, 0.2) is 59.5 Å². The molecule has 1 heterocycles. The maximum Gasteiger partial charge on any atom is 0.273 e. The quantitative estimate of drug-likeness (QED) is 0.252. The van der Waals surface area contributed by atoms with E-state index in [1.54, 1.807) is 0 Å². The van der Waals surface area contributed by atoms with Crippen LogP contribution in [0.25, 0.3) is 0 Å². The Hall–Kier alpha value is -3.55. The molecule has 0 aliphatic carbocycles. The van der Waals surface area contributed by atoms with Gasteiger partial charge in [-0.25, -0.2) is 8.42 Å². The highest BCUT2D eigenvalue weighted by atomic mass is 35.5. The Kier molecular flexibility index (Phi) is 7.02. The Morgan fingerprint density at radius 1 is 1.09 bits per heavy atom. The summed E-state index contributed by atoms with van der Waals surface area (Å²) in [6, 6.07) is 12.6. The standard InChI is InChI=1S/C18H15ClN6O5S2/c1-30-15-10-12(25(26)27)4-7-14(15)21-18(31)20-11-2-5-13(6-3-11)32(28,29)24-17-9-8-16(19)22-23-17/h2-10H,1H3,(H,23,24)(H2,20,21,31). The van der Waals surface area contributed by atoms with E-state index < -0.39 is 14.9 Å². The molecule has 11 nitrogen and oxygen atoms in total. The minimum Gasteiger partial charge on any atom is -0.494 e. The van der Waals surface area contributed by atoms with Gasteiger partial charge in [-0.15, -0.1) is 10.2 Å². The molecular formula is C18H15ClN6O5S2. The molecule has 32 heavy (non-hydrogen) atoms. The molecule has 1 aromatic heterocycles. The number of rotatable bonds is 7. The molecule has 0 atom stereocenters. The number of ether oxygens (including phenoxy) is 1. The van der Waals surface area contributed by atoms with Crippen molar-refractivity contribution < 1.29 is 18.1 Å². The molecule has 3 rings (SSSR count). The molecule has 0 fully saturated rings. The lowest BCUT2D eigenvalue weighted by molar-refractivity contribution is -0.384. The normalized spacial score (nSPS) is 10.8. The van der Waals surface area contributed by atoms with Crippen molar-refractivity contribution in [3.63, 3.8) is 0 Å². The number of halogens is 1. The molecule has 0 amide bonds. The number of thiocarbonyl (C=S) groups is 1. The molecule has 0 saturated carbocycles. The highest BCUT2D eigenvalue weighted by Gasteiger charge is 2.16. The van der Waals surface area contributed by atoms with Gasteiger partial charge in [-0.3, -0.25) is 14.8 Å². The largest absolute Gasteiger partial charge is 0.494 e. The van der Waals surface area contributed by atoms with E-state index in [-0.39, 0.29) is 32.4 Å². The van der Waals surface area contributed by atoms with Crippen molar-refractivity contribution in [3.8, 4) is 5.75 Å². The average molecular weight is 495 g/mol. The van der Waals surface area contributed by atoms with E-state index >= 15 is 0 Å². The van der Waals surface area contributed by atoms with Crippen LogP contribution in [0.2, 0.25) is 5.15 Å². The molecule has 0 saturated heterocycles. The minimum absolute atomic E-state index is 0.00397. The Bertz CT molecular complexity index is 1250. The first-order valence-electron chi connectivity index (χ1n) is 8.70. The van der Waals surface area contributed by atoms with Crippen molar-refractivity contribution in [3.05, 3.63) is 69.9 Å². The molecule has 0 spiro atoms. The summed E-state index contributed by atoms with van der Waals surface area (Å²) in [5.74, 6) is 0.264. The lowest BCUT2D eigenvalue weighted by atomic mass is 10.2. The first-order chi connectivity index (χ1) is 15.2. The first-order valence-corrected chi connectivity index (χ1v) is 11.0. The number of aromatic nitrogens is 2. The van der Waals surface area contributed by atoms with Crippen LogP contribution in [0.1, 0.15) is 0 Å². The number of nitrogens with one attached hydrogen (secondary N) is 3. The van der Waals surface area contributed by atoms with Gasteiger partial charge < -0.3 is 15.4 Å². The van der Waals surface area contributed by atoms with Gasteiger partial charge in [0, 0.05) is 11.8 Å². The Labute approximate surface area is 193 Å². The Morgan fingerprint density at radius 3 is 2.41 bits per heavy atom. The van der Waals surface area contributed by atoms with E-state index in [4.69, 9.17) is 28.6 Å². The second-order valence-corrected chi connectivity index (χ2v) is 8.57. The third-order valence-electron chi connectivity index (χ3n) is 3.94. The summed E-state index contributed by atoms with van der Waals surface area (Å²) in [7, 11) is -2.50. The van der Waals surface area contributed by atoms with Gasteiger partial charge in [0.2, 0.25) is 0 Å². The molecule has 0 radical (unpaired) electrons. The number of benzene rings is 2. The van der Waals surface area contributed by atoms with E-state index in [2.05, 4.69) is 25.6 Å². The van der Waals surface area contributed by atoms with E-state index in [9.17, 15) is 18.5 Å². The third kappa shape index (κ3) is 5.78. The van der Waals surface area contributed by atoms with Crippen LogP contribution in [-0.4, -0.2) is 35.8 Å². The van der Waals surface area contributed by atoms with E-state index in [0.29, 0.717) is 11.4 Å². The van der Waals surface area contributed by atoms with Gasteiger partial charge in [0.1, 0.15) is 5.75 Å². The van der Waals surface area contributed by atoms with Crippen molar-refractivity contribution in [1.82, 2.24) is 10.2 Å². The topological polar surface area (TPSA) is 148 Å². The summed E-state index contributed by atoms with van der Waals surface area (Å²) in [6.45, 7) is 0. The maximum absolute atomic E-state index is 12.5. The zero-order chi connectivity index (χ0) is 23.3. The molecule has 0 aliphatic heterocycles. The van der Waals surface area contributed by atoms with Gasteiger partial charge in [-0.2, -0.15) is 0 Å². The van der Waals surface area contributed by atoms with Crippen LogP contribution < -0.4 is 20.1 Å². The zero-order valence-electron chi connectivity index (χ0n) is 16.3. The Morgan fingerprint density at radius 2 is 1.81 bits per heavy atom. The number of hydrogen-bond acceptors (Lipinski definition) is 8. The number of sulfonamides is 1. The second kappa shape index (κ2) is 9.72. The fourth-order valence-electron chi connectivity index (χ4n) is 2.47. The molecule has 3 aromatic rings. The lowest BCUT2D eigenvalue weighted by Crippen LogP contribution is -2.19. The van der Waals surface area contributed by atoms with E-state index in [1.165, 1.54) is 61.7 Å². The highest BCUT2D eigenvalue weighted by Crippen LogP contribution is 2.29. The number of nitro groups is 1.